The Balaban J connectivity index is 1.68. The maximum Gasteiger partial charge on any atom is 0.195 e. The molecule has 3 aromatic rings. The smallest absolute Gasteiger partial charge is 0.195 e. The second kappa shape index (κ2) is 9.58. The number of hydrogen-bond donors (Lipinski definition) is 0. The first kappa shape index (κ1) is 19.5. The summed E-state index contributed by atoms with van der Waals surface area (Å²) < 4.78 is 5.55. The van der Waals surface area contributed by atoms with Crippen molar-refractivity contribution in [2.24, 2.45) is 0 Å². The molecule has 0 radical (unpaired) electrons. The monoisotopic (exact) mass is 394 g/mol. The van der Waals surface area contributed by atoms with Crippen molar-refractivity contribution in [3.63, 3.8) is 0 Å². The predicted octanol–water partition coefficient (Wildman–Crippen LogP) is 6.51. The Labute approximate surface area is 168 Å². The van der Waals surface area contributed by atoms with Gasteiger partial charge in [-0.3, -0.25) is 4.79 Å². The normalized spacial score (nSPS) is 11.0. The highest BCUT2D eigenvalue weighted by Gasteiger charge is 2.07. The van der Waals surface area contributed by atoms with Crippen LogP contribution in [-0.4, -0.2) is 12.9 Å². The second-order valence-corrected chi connectivity index (χ2v) is 8.21. The maximum atomic E-state index is 12.3. The summed E-state index contributed by atoms with van der Waals surface area (Å²) in [5, 5.41) is 0. The molecule has 0 fully saturated rings. The van der Waals surface area contributed by atoms with Crippen molar-refractivity contribution in [3.8, 4) is 5.75 Å². The predicted molar refractivity (Wildman–Crippen MR) is 116 cm³/mol. The van der Waals surface area contributed by atoms with Gasteiger partial charge in [0.05, 0.1) is 12.0 Å². The number of aryl methyl sites for hydroxylation is 1. The van der Waals surface area contributed by atoms with E-state index in [1.165, 1.54) is 9.77 Å². The van der Waals surface area contributed by atoms with Crippen molar-refractivity contribution >= 4 is 35.0 Å². The number of carbonyl (C=O) groups is 1. The lowest BCUT2D eigenvalue weighted by Crippen LogP contribution is -1.92. The Morgan fingerprint density at radius 1 is 1.11 bits per heavy atom. The van der Waals surface area contributed by atoms with Crippen molar-refractivity contribution in [2.45, 2.75) is 24.0 Å². The fourth-order valence-electron chi connectivity index (χ4n) is 2.62. The van der Waals surface area contributed by atoms with Crippen molar-refractivity contribution < 1.29 is 9.53 Å². The summed E-state index contributed by atoms with van der Waals surface area (Å²) in [6.45, 7) is 2.10. The van der Waals surface area contributed by atoms with Crippen LogP contribution in [0.1, 0.15) is 32.6 Å². The van der Waals surface area contributed by atoms with Gasteiger partial charge in [-0.1, -0.05) is 43.3 Å². The van der Waals surface area contributed by atoms with Gasteiger partial charge in [0, 0.05) is 21.1 Å². The van der Waals surface area contributed by atoms with Crippen LogP contribution >= 0.6 is 23.1 Å². The Hall–Kier alpha value is -2.30. The average molecular weight is 395 g/mol. The number of ether oxygens (including phenoxy) is 1. The van der Waals surface area contributed by atoms with Crippen LogP contribution in [0.5, 0.6) is 5.75 Å². The van der Waals surface area contributed by atoms with E-state index in [0.717, 1.165) is 33.9 Å². The first-order chi connectivity index (χ1) is 13.2. The van der Waals surface area contributed by atoms with Crippen LogP contribution in [0.25, 0.3) is 6.08 Å². The molecule has 3 rings (SSSR count). The number of hydrogen-bond acceptors (Lipinski definition) is 4. The minimum atomic E-state index is 0.0439. The third-order valence-electron chi connectivity index (χ3n) is 4.13. The zero-order chi connectivity index (χ0) is 19.1. The molecular formula is C23H22O2S2. The highest BCUT2D eigenvalue weighted by atomic mass is 32.2. The largest absolute Gasteiger partial charge is 0.496 e. The van der Waals surface area contributed by atoms with Gasteiger partial charge < -0.3 is 4.74 Å². The van der Waals surface area contributed by atoms with Crippen molar-refractivity contribution in [1.29, 1.82) is 0 Å². The highest BCUT2D eigenvalue weighted by molar-refractivity contribution is 7.98. The first-order valence-electron chi connectivity index (χ1n) is 8.85. The number of methoxy groups -OCH3 is 1. The quantitative estimate of drug-likeness (QED) is 0.247. The number of rotatable bonds is 8. The fourth-order valence-corrected chi connectivity index (χ4v) is 4.39. The SMILES string of the molecule is CCc1ccc(C(=O)/C=C/c2ccc(CSc3ccccc3)c(OC)c2)s1. The van der Waals surface area contributed by atoms with E-state index in [1.54, 1.807) is 36.3 Å². The summed E-state index contributed by atoms with van der Waals surface area (Å²) in [4.78, 5) is 15.6. The van der Waals surface area contributed by atoms with Crippen LogP contribution in [-0.2, 0) is 12.2 Å². The number of benzene rings is 2. The van der Waals surface area contributed by atoms with E-state index in [9.17, 15) is 4.79 Å². The van der Waals surface area contributed by atoms with Crippen LogP contribution in [0.3, 0.4) is 0 Å². The third-order valence-corrected chi connectivity index (χ3v) is 6.43. The average Bonchev–Trinajstić information content (AvgIpc) is 3.21. The third kappa shape index (κ3) is 5.34. The standard InChI is InChI=1S/C23H22O2S2/c1-3-19-12-14-23(27-19)21(24)13-10-17-9-11-18(22(15-17)25-2)16-26-20-7-5-4-6-8-20/h4-15H,3,16H2,1-2H3/b13-10+. The van der Waals surface area contributed by atoms with Gasteiger partial charge in [-0.15, -0.1) is 23.1 Å². The van der Waals surface area contributed by atoms with E-state index in [0.29, 0.717) is 0 Å². The Kier molecular flexibility index (Phi) is 6.91. The second-order valence-electron chi connectivity index (χ2n) is 5.99. The zero-order valence-corrected chi connectivity index (χ0v) is 17.1. The van der Waals surface area contributed by atoms with Crippen LogP contribution in [0, 0.1) is 0 Å². The summed E-state index contributed by atoms with van der Waals surface area (Å²) in [7, 11) is 1.68. The first-order valence-corrected chi connectivity index (χ1v) is 10.7. The van der Waals surface area contributed by atoms with E-state index in [1.807, 2.05) is 48.5 Å². The lowest BCUT2D eigenvalue weighted by atomic mass is 10.1. The highest BCUT2D eigenvalue weighted by Crippen LogP contribution is 2.29. The van der Waals surface area contributed by atoms with Crippen molar-refractivity contribution in [3.05, 3.63) is 87.6 Å². The summed E-state index contributed by atoms with van der Waals surface area (Å²) in [5.74, 6) is 1.73. The molecule has 0 aliphatic rings. The molecule has 0 saturated carbocycles. The molecule has 0 aliphatic carbocycles. The van der Waals surface area contributed by atoms with Gasteiger partial charge in [0.1, 0.15) is 5.75 Å². The molecule has 0 spiro atoms. The topological polar surface area (TPSA) is 26.3 Å². The van der Waals surface area contributed by atoms with E-state index in [2.05, 4.69) is 25.1 Å². The lowest BCUT2D eigenvalue weighted by Gasteiger charge is -2.09. The van der Waals surface area contributed by atoms with Gasteiger partial charge >= 0.3 is 0 Å². The van der Waals surface area contributed by atoms with Gasteiger partial charge in [0.15, 0.2) is 5.78 Å². The van der Waals surface area contributed by atoms with Gasteiger partial charge in [0.25, 0.3) is 0 Å². The molecule has 0 bridgehead atoms. The molecule has 0 aliphatic heterocycles. The molecule has 138 valence electrons. The van der Waals surface area contributed by atoms with Gasteiger partial charge in [0.2, 0.25) is 0 Å². The summed E-state index contributed by atoms with van der Waals surface area (Å²) >= 11 is 3.34. The van der Waals surface area contributed by atoms with Crippen LogP contribution in [0.2, 0.25) is 0 Å². The molecule has 2 aromatic carbocycles. The van der Waals surface area contributed by atoms with Crippen LogP contribution in [0.4, 0.5) is 0 Å². The number of ketones is 1. The van der Waals surface area contributed by atoms with Crippen LogP contribution in [0.15, 0.2) is 71.6 Å². The number of carbonyl (C=O) groups excluding carboxylic acids is 1. The Morgan fingerprint density at radius 3 is 2.63 bits per heavy atom. The molecule has 0 saturated heterocycles. The van der Waals surface area contributed by atoms with Gasteiger partial charge in [-0.2, -0.15) is 0 Å². The number of allylic oxidation sites excluding steroid dienone is 1. The fraction of sp³-hybridized carbons (Fsp3) is 0.174. The van der Waals surface area contributed by atoms with Crippen molar-refractivity contribution in [1.82, 2.24) is 0 Å². The molecule has 2 nitrogen and oxygen atoms in total. The summed E-state index contributed by atoms with van der Waals surface area (Å²) in [6, 6.07) is 20.3. The molecule has 0 N–H and O–H groups in total. The molecule has 0 amide bonds. The van der Waals surface area contributed by atoms with E-state index in [-0.39, 0.29) is 5.78 Å². The Bertz CT molecular complexity index is 927. The van der Waals surface area contributed by atoms with Crippen molar-refractivity contribution in [2.75, 3.05) is 7.11 Å². The lowest BCUT2D eigenvalue weighted by molar-refractivity contribution is 0.105. The van der Waals surface area contributed by atoms with E-state index in [4.69, 9.17) is 4.74 Å². The molecule has 4 heteroatoms. The minimum Gasteiger partial charge on any atom is -0.496 e. The molecule has 1 aromatic heterocycles. The molecular weight excluding hydrogens is 372 g/mol. The summed E-state index contributed by atoms with van der Waals surface area (Å²) in [6.07, 6.45) is 4.45. The van der Waals surface area contributed by atoms with Gasteiger partial charge in [-0.25, -0.2) is 0 Å². The van der Waals surface area contributed by atoms with Gasteiger partial charge in [-0.05, 0) is 48.4 Å². The number of thioether (sulfide) groups is 1. The summed E-state index contributed by atoms with van der Waals surface area (Å²) in [5.41, 5.74) is 2.10. The van der Waals surface area contributed by atoms with E-state index >= 15 is 0 Å². The maximum absolute atomic E-state index is 12.3. The Morgan fingerprint density at radius 2 is 1.93 bits per heavy atom. The molecule has 0 atom stereocenters. The van der Waals surface area contributed by atoms with E-state index < -0.39 is 0 Å². The number of thiophene rings is 1. The minimum absolute atomic E-state index is 0.0439. The van der Waals surface area contributed by atoms with Crippen LogP contribution < -0.4 is 4.74 Å². The molecule has 0 unspecified atom stereocenters. The molecule has 27 heavy (non-hydrogen) atoms. The molecule has 1 heterocycles. The zero-order valence-electron chi connectivity index (χ0n) is 15.5.